The number of methoxy groups -OCH3 is 1. The van der Waals surface area contributed by atoms with Crippen molar-refractivity contribution in [3.63, 3.8) is 0 Å². The first kappa shape index (κ1) is 29.4. The maximum Gasteiger partial charge on any atom is 0.257 e. The highest BCUT2D eigenvalue weighted by molar-refractivity contribution is 6.43. The molecule has 1 fully saturated rings. The highest BCUT2D eigenvalue weighted by Gasteiger charge is 2.32. The second kappa shape index (κ2) is 12.4. The van der Waals surface area contributed by atoms with Crippen LogP contribution in [0.25, 0.3) is 16.9 Å². The van der Waals surface area contributed by atoms with Gasteiger partial charge in [0.25, 0.3) is 5.91 Å². The molecular formula is C30H33Cl3N6O2. The van der Waals surface area contributed by atoms with E-state index in [-0.39, 0.29) is 11.9 Å². The molecule has 3 heterocycles. The van der Waals surface area contributed by atoms with Crippen LogP contribution in [0, 0.1) is 12.8 Å². The molecule has 1 unspecified atom stereocenters. The number of nitrogens with zero attached hydrogens (tertiary/aromatic N) is 6. The number of likely N-dealkylation sites (tertiary alicyclic amines) is 1. The Hall–Kier alpha value is -3.07. The van der Waals surface area contributed by atoms with Gasteiger partial charge in [-0.1, -0.05) is 65.5 Å². The van der Waals surface area contributed by atoms with Crippen molar-refractivity contribution in [1.82, 2.24) is 29.7 Å². The molecule has 0 saturated carbocycles. The number of rotatable bonds is 8. The number of carbonyl (C=O) groups is 1. The van der Waals surface area contributed by atoms with Crippen LogP contribution in [0.5, 0.6) is 5.75 Å². The first-order valence-corrected chi connectivity index (χ1v) is 14.9. The Morgan fingerprint density at radius 1 is 1.07 bits per heavy atom. The van der Waals surface area contributed by atoms with Crippen LogP contribution in [0.4, 0.5) is 0 Å². The molecule has 11 heteroatoms. The minimum absolute atomic E-state index is 0.0358. The van der Waals surface area contributed by atoms with Crippen LogP contribution in [-0.2, 0) is 13.0 Å². The summed E-state index contributed by atoms with van der Waals surface area (Å²) >= 11 is 18.7. The zero-order chi connectivity index (χ0) is 29.3. The second-order valence-corrected chi connectivity index (χ2v) is 12.2. The molecule has 0 radical (unpaired) electrons. The summed E-state index contributed by atoms with van der Waals surface area (Å²) in [5.41, 5.74) is 4.44. The molecule has 41 heavy (non-hydrogen) atoms. The van der Waals surface area contributed by atoms with Crippen LogP contribution in [0.1, 0.15) is 54.7 Å². The average molecular weight is 616 g/mol. The van der Waals surface area contributed by atoms with Gasteiger partial charge in [0.05, 0.1) is 45.3 Å². The standard InChI is InChI=1S/C30H33Cl3N6O2/c1-18(2)15-37-17-23(29(35-37)22-11-19(3)8-9-28(22)41-4)30(40)38-10-6-5-7-21(38)12-20-16-39(36-34-20)27-14-25(32)24(31)13-26(27)33/h8-9,11,13-14,16-18,21H,5-7,10,12,15H2,1-4H3. The largest absolute Gasteiger partial charge is 0.496 e. The Labute approximate surface area is 255 Å². The minimum atomic E-state index is -0.0387. The van der Waals surface area contributed by atoms with Crippen LogP contribution in [-0.4, -0.2) is 55.3 Å². The highest BCUT2D eigenvalue weighted by atomic mass is 35.5. The van der Waals surface area contributed by atoms with E-state index < -0.39 is 0 Å². The Morgan fingerprint density at radius 2 is 1.85 bits per heavy atom. The molecule has 5 rings (SSSR count). The number of hydrogen-bond donors (Lipinski definition) is 0. The molecule has 2 aromatic carbocycles. The minimum Gasteiger partial charge on any atom is -0.496 e. The van der Waals surface area contributed by atoms with Gasteiger partial charge in [-0.3, -0.25) is 9.48 Å². The van der Waals surface area contributed by atoms with Gasteiger partial charge in [0.15, 0.2) is 0 Å². The molecule has 0 N–H and O–H groups in total. The first-order valence-electron chi connectivity index (χ1n) is 13.7. The second-order valence-electron chi connectivity index (χ2n) is 10.9. The fraction of sp³-hybridized carbons (Fsp3) is 0.400. The third-order valence-electron chi connectivity index (χ3n) is 7.26. The summed E-state index contributed by atoms with van der Waals surface area (Å²) in [4.78, 5) is 16.2. The van der Waals surface area contributed by atoms with E-state index in [1.165, 1.54) is 0 Å². The number of hydrogen-bond acceptors (Lipinski definition) is 5. The number of aryl methyl sites for hydroxylation is 1. The van der Waals surface area contributed by atoms with Gasteiger partial charge in [0.1, 0.15) is 11.4 Å². The molecule has 216 valence electrons. The third kappa shape index (κ3) is 6.40. The van der Waals surface area contributed by atoms with Crippen molar-refractivity contribution >= 4 is 40.7 Å². The smallest absolute Gasteiger partial charge is 0.257 e. The van der Waals surface area contributed by atoms with Crippen LogP contribution < -0.4 is 4.74 Å². The van der Waals surface area contributed by atoms with Gasteiger partial charge in [-0.25, -0.2) is 4.68 Å². The van der Waals surface area contributed by atoms with E-state index in [1.807, 2.05) is 47.1 Å². The monoisotopic (exact) mass is 614 g/mol. The lowest BCUT2D eigenvalue weighted by Crippen LogP contribution is -2.45. The summed E-state index contributed by atoms with van der Waals surface area (Å²) in [6.07, 6.45) is 7.12. The number of benzene rings is 2. The molecule has 8 nitrogen and oxygen atoms in total. The fourth-order valence-electron chi connectivity index (χ4n) is 5.32. The lowest BCUT2D eigenvalue weighted by Gasteiger charge is -2.35. The maximum atomic E-state index is 14.3. The molecule has 4 aromatic rings. The number of halogens is 3. The summed E-state index contributed by atoms with van der Waals surface area (Å²) in [7, 11) is 1.64. The van der Waals surface area contributed by atoms with E-state index >= 15 is 0 Å². The quantitative estimate of drug-likeness (QED) is 0.194. The van der Waals surface area contributed by atoms with E-state index in [0.29, 0.717) is 63.2 Å². The summed E-state index contributed by atoms with van der Waals surface area (Å²) in [5, 5.41) is 14.7. The van der Waals surface area contributed by atoms with Crippen molar-refractivity contribution in [3.8, 4) is 22.7 Å². The lowest BCUT2D eigenvalue weighted by atomic mass is 9.96. The van der Waals surface area contributed by atoms with E-state index in [0.717, 1.165) is 36.1 Å². The van der Waals surface area contributed by atoms with Crippen LogP contribution in [0.15, 0.2) is 42.7 Å². The fourth-order valence-corrected chi connectivity index (χ4v) is 5.95. The third-order valence-corrected chi connectivity index (χ3v) is 8.29. The van der Waals surface area contributed by atoms with Crippen molar-refractivity contribution in [1.29, 1.82) is 0 Å². The van der Waals surface area contributed by atoms with Gasteiger partial charge < -0.3 is 9.64 Å². The molecule has 1 aliphatic rings. The predicted octanol–water partition coefficient (Wildman–Crippen LogP) is 7.30. The van der Waals surface area contributed by atoms with Crippen molar-refractivity contribution in [2.45, 2.75) is 59.0 Å². The van der Waals surface area contributed by atoms with E-state index in [9.17, 15) is 4.79 Å². The molecule has 0 bridgehead atoms. The summed E-state index contributed by atoms with van der Waals surface area (Å²) in [5.74, 6) is 1.02. The van der Waals surface area contributed by atoms with Crippen LogP contribution in [0.2, 0.25) is 15.1 Å². The highest BCUT2D eigenvalue weighted by Crippen LogP contribution is 2.35. The molecular weight excluding hydrogens is 583 g/mol. The lowest BCUT2D eigenvalue weighted by molar-refractivity contribution is 0.0613. The SMILES string of the molecule is COc1ccc(C)cc1-c1nn(CC(C)C)cc1C(=O)N1CCCCC1Cc1cn(-c2cc(Cl)c(Cl)cc2Cl)nn1. The van der Waals surface area contributed by atoms with E-state index in [1.54, 1.807) is 23.9 Å². The maximum absolute atomic E-state index is 14.3. The Morgan fingerprint density at radius 3 is 2.61 bits per heavy atom. The molecule has 1 amide bonds. The molecule has 1 saturated heterocycles. The van der Waals surface area contributed by atoms with E-state index in [4.69, 9.17) is 44.6 Å². The topological polar surface area (TPSA) is 78.1 Å². The summed E-state index contributed by atoms with van der Waals surface area (Å²) in [6, 6.07) is 9.16. The van der Waals surface area contributed by atoms with Crippen molar-refractivity contribution in [2.24, 2.45) is 5.92 Å². The summed E-state index contributed by atoms with van der Waals surface area (Å²) in [6.45, 7) is 7.66. The van der Waals surface area contributed by atoms with Gasteiger partial charge in [-0.15, -0.1) is 5.10 Å². The number of piperidine rings is 1. The normalized spacial score (nSPS) is 15.5. The van der Waals surface area contributed by atoms with Crippen LogP contribution in [0.3, 0.4) is 0 Å². The van der Waals surface area contributed by atoms with E-state index in [2.05, 4.69) is 24.2 Å². The van der Waals surface area contributed by atoms with Gasteiger partial charge in [0, 0.05) is 37.3 Å². The van der Waals surface area contributed by atoms with Crippen molar-refractivity contribution in [2.75, 3.05) is 13.7 Å². The average Bonchev–Trinajstić information content (AvgIpc) is 3.57. The zero-order valence-electron chi connectivity index (χ0n) is 23.6. The van der Waals surface area contributed by atoms with Gasteiger partial charge in [-0.2, -0.15) is 5.10 Å². The summed E-state index contributed by atoms with van der Waals surface area (Å²) < 4.78 is 9.14. The molecule has 1 aliphatic heterocycles. The molecule has 0 aliphatic carbocycles. The van der Waals surface area contributed by atoms with Gasteiger partial charge >= 0.3 is 0 Å². The van der Waals surface area contributed by atoms with Crippen molar-refractivity contribution in [3.05, 3.63) is 74.6 Å². The molecule has 2 aromatic heterocycles. The zero-order valence-corrected chi connectivity index (χ0v) is 25.8. The number of amides is 1. The van der Waals surface area contributed by atoms with Crippen LogP contribution >= 0.6 is 34.8 Å². The Kier molecular flexibility index (Phi) is 8.92. The van der Waals surface area contributed by atoms with Crippen molar-refractivity contribution < 1.29 is 9.53 Å². The Bertz CT molecular complexity index is 1560. The molecule has 1 atom stereocenters. The predicted molar refractivity (Wildman–Crippen MR) is 163 cm³/mol. The van der Waals surface area contributed by atoms with Gasteiger partial charge in [-0.05, 0) is 56.4 Å². The van der Waals surface area contributed by atoms with Gasteiger partial charge in [0.2, 0.25) is 0 Å². The first-order chi connectivity index (χ1) is 19.6. The number of carbonyl (C=O) groups excluding carboxylic acids is 1. The number of aromatic nitrogens is 5. The Balaban J connectivity index is 1.46. The number of ether oxygens (including phenoxy) is 1. The molecule has 0 spiro atoms.